The molecule has 1 unspecified atom stereocenters. The number of nitrogens with zero attached hydrogens (tertiary/aromatic N) is 1. The zero-order valence-electron chi connectivity index (χ0n) is 12.6. The van der Waals surface area contributed by atoms with Gasteiger partial charge in [-0.05, 0) is 43.9 Å². The second-order valence-electron chi connectivity index (χ2n) is 5.17. The molecule has 1 atom stereocenters. The van der Waals surface area contributed by atoms with Crippen LogP contribution < -0.4 is 5.32 Å². The summed E-state index contributed by atoms with van der Waals surface area (Å²) >= 11 is 1.73. The van der Waals surface area contributed by atoms with Crippen molar-refractivity contribution in [2.75, 3.05) is 6.54 Å². The molecule has 0 bridgehead atoms. The van der Waals surface area contributed by atoms with E-state index in [1.54, 1.807) is 11.3 Å². The molecule has 0 aliphatic heterocycles. The van der Waals surface area contributed by atoms with Gasteiger partial charge in [0.15, 0.2) is 0 Å². The minimum Gasteiger partial charge on any atom is -0.308 e. The van der Waals surface area contributed by atoms with Crippen molar-refractivity contribution < 1.29 is 0 Å². The molecule has 1 aromatic carbocycles. The highest BCUT2D eigenvalue weighted by Gasteiger charge is 2.14. The maximum atomic E-state index is 4.65. The molecule has 0 radical (unpaired) electrons. The van der Waals surface area contributed by atoms with E-state index in [2.05, 4.69) is 60.7 Å². The van der Waals surface area contributed by atoms with Crippen LogP contribution in [0, 0.1) is 6.92 Å². The Morgan fingerprint density at radius 2 is 1.85 bits per heavy atom. The van der Waals surface area contributed by atoms with E-state index in [1.165, 1.54) is 16.8 Å². The van der Waals surface area contributed by atoms with Crippen LogP contribution in [0.15, 0.2) is 29.6 Å². The largest absolute Gasteiger partial charge is 0.308 e. The average Bonchev–Trinajstić information content (AvgIpc) is 2.90. The lowest BCUT2D eigenvalue weighted by Gasteiger charge is -2.17. The van der Waals surface area contributed by atoms with Crippen LogP contribution in [0.5, 0.6) is 0 Å². The number of aromatic nitrogens is 1. The van der Waals surface area contributed by atoms with Gasteiger partial charge in [-0.1, -0.05) is 38.1 Å². The number of hydrogen-bond acceptors (Lipinski definition) is 3. The molecule has 0 saturated heterocycles. The van der Waals surface area contributed by atoms with Crippen molar-refractivity contribution in [2.24, 2.45) is 0 Å². The standard InChI is InChI=1S/C17H24N2S/c1-4-10-18-16(17-12-20-13(3)19-17)11-15-8-6-14(5-2)7-9-15/h6-9,12,16,18H,4-5,10-11H2,1-3H3. The molecule has 2 aromatic rings. The maximum Gasteiger partial charge on any atom is 0.0898 e. The summed E-state index contributed by atoms with van der Waals surface area (Å²) in [5.41, 5.74) is 3.96. The molecule has 20 heavy (non-hydrogen) atoms. The molecule has 1 N–H and O–H groups in total. The van der Waals surface area contributed by atoms with Crippen molar-refractivity contribution in [3.8, 4) is 0 Å². The highest BCUT2D eigenvalue weighted by molar-refractivity contribution is 7.09. The Morgan fingerprint density at radius 1 is 1.15 bits per heavy atom. The summed E-state index contributed by atoms with van der Waals surface area (Å²) in [5, 5.41) is 6.95. The van der Waals surface area contributed by atoms with Crippen LogP contribution in [0.4, 0.5) is 0 Å². The number of benzene rings is 1. The first kappa shape index (κ1) is 15.2. The van der Waals surface area contributed by atoms with Gasteiger partial charge in [0.05, 0.1) is 16.7 Å². The Hall–Kier alpha value is -1.19. The topological polar surface area (TPSA) is 24.9 Å². The molecule has 3 heteroatoms. The van der Waals surface area contributed by atoms with Gasteiger partial charge in [-0.25, -0.2) is 4.98 Å². The molecule has 0 spiro atoms. The second kappa shape index (κ2) is 7.55. The first-order valence-corrected chi connectivity index (χ1v) is 8.34. The van der Waals surface area contributed by atoms with Crippen LogP contribution in [-0.4, -0.2) is 11.5 Å². The maximum absolute atomic E-state index is 4.65. The van der Waals surface area contributed by atoms with Gasteiger partial charge in [0.2, 0.25) is 0 Å². The third-order valence-electron chi connectivity index (χ3n) is 3.51. The van der Waals surface area contributed by atoms with Crippen LogP contribution in [0.3, 0.4) is 0 Å². The SMILES string of the molecule is CCCNC(Cc1ccc(CC)cc1)c1csc(C)n1. The fourth-order valence-electron chi connectivity index (χ4n) is 2.29. The van der Waals surface area contributed by atoms with E-state index >= 15 is 0 Å². The zero-order chi connectivity index (χ0) is 14.4. The van der Waals surface area contributed by atoms with Gasteiger partial charge in [-0.15, -0.1) is 11.3 Å². The average molecular weight is 288 g/mol. The Morgan fingerprint density at radius 3 is 2.40 bits per heavy atom. The van der Waals surface area contributed by atoms with Crippen LogP contribution in [0.2, 0.25) is 0 Å². The third kappa shape index (κ3) is 4.15. The second-order valence-corrected chi connectivity index (χ2v) is 6.23. The molecule has 1 heterocycles. The summed E-state index contributed by atoms with van der Waals surface area (Å²) in [5.74, 6) is 0. The van der Waals surface area contributed by atoms with Crippen LogP contribution >= 0.6 is 11.3 Å². The lowest BCUT2D eigenvalue weighted by Crippen LogP contribution is -2.24. The monoisotopic (exact) mass is 288 g/mol. The highest BCUT2D eigenvalue weighted by atomic mass is 32.1. The van der Waals surface area contributed by atoms with Crippen molar-refractivity contribution in [2.45, 2.75) is 46.1 Å². The quantitative estimate of drug-likeness (QED) is 0.821. The fourth-order valence-corrected chi connectivity index (χ4v) is 2.95. The van der Waals surface area contributed by atoms with Crippen LogP contribution in [0.1, 0.15) is 48.1 Å². The minimum absolute atomic E-state index is 0.326. The smallest absolute Gasteiger partial charge is 0.0898 e. The molecule has 2 rings (SSSR count). The Labute approximate surface area is 126 Å². The summed E-state index contributed by atoms with van der Waals surface area (Å²) in [6, 6.07) is 9.29. The number of aryl methyl sites for hydroxylation is 2. The lowest BCUT2D eigenvalue weighted by molar-refractivity contribution is 0.519. The Kier molecular flexibility index (Phi) is 5.74. The number of hydrogen-bond donors (Lipinski definition) is 1. The van der Waals surface area contributed by atoms with Gasteiger partial charge in [0.25, 0.3) is 0 Å². The van der Waals surface area contributed by atoms with E-state index in [0.29, 0.717) is 6.04 Å². The van der Waals surface area contributed by atoms with Gasteiger partial charge in [0.1, 0.15) is 0 Å². The Bertz CT molecular complexity index is 516. The fraction of sp³-hybridized carbons (Fsp3) is 0.471. The molecule has 0 aliphatic carbocycles. The van der Waals surface area contributed by atoms with E-state index in [4.69, 9.17) is 0 Å². The molecule has 108 valence electrons. The summed E-state index contributed by atoms with van der Waals surface area (Å²) in [6.45, 7) is 7.50. The summed E-state index contributed by atoms with van der Waals surface area (Å²) in [7, 11) is 0. The van der Waals surface area contributed by atoms with Crippen molar-refractivity contribution >= 4 is 11.3 Å². The normalized spacial score (nSPS) is 12.6. The molecule has 0 aliphatic rings. The predicted octanol–water partition coefficient (Wildman–Crippen LogP) is 4.30. The first-order valence-electron chi connectivity index (χ1n) is 7.46. The number of nitrogens with one attached hydrogen (secondary N) is 1. The van der Waals surface area contributed by atoms with E-state index in [-0.39, 0.29) is 0 Å². The van der Waals surface area contributed by atoms with Gasteiger partial charge in [-0.2, -0.15) is 0 Å². The molecule has 0 saturated carbocycles. The predicted molar refractivity (Wildman–Crippen MR) is 87.4 cm³/mol. The highest BCUT2D eigenvalue weighted by Crippen LogP contribution is 2.21. The zero-order valence-corrected chi connectivity index (χ0v) is 13.5. The van der Waals surface area contributed by atoms with E-state index in [0.717, 1.165) is 30.8 Å². The third-order valence-corrected chi connectivity index (χ3v) is 4.30. The summed E-state index contributed by atoms with van der Waals surface area (Å²) < 4.78 is 0. The summed E-state index contributed by atoms with van der Waals surface area (Å²) in [4.78, 5) is 4.65. The Balaban J connectivity index is 2.10. The van der Waals surface area contributed by atoms with E-state index in [9.17, 15) is 0 Å². The van der Waals surface area contributed by atoms with Crippen molar-refractivity contribution in [3.63, 3.8) is 0 Å². The van der Waals surface area contributed by atoms with Crippen molar-refractivity contribution in [1.82, 2.24) is 10.3 Å². The number of thiazole rings is 1. The van der Waals surface area contributed by atoms with Crippen molar-refractivity contribution in [3.05, 3.63) is 51.5 Å². The molecular weight excluding hydrogens is 264 g/mol. The first-order chi connectivity index (χ1) is 9.72. The molecule has 0 fully saturated rings. The molecule has 2 nitrogen and oxygen atoms in total. The minimum atomic E-state index is 0.326. The summed E-state index contributed by atoms with van der Waals surface area (Å²) in [6.07, 6.45) is 3.25. The van der Waals surface area contributed by atoms with Gasteiger partial charge in [0, 0.05) is 5.38 Å². The molecule has 1 aromatic heterocycles. The van der Waals surface area contributed by atoms with Gasteiger partial charge >= 0.3 is 0 Å². The number of rotatable bonds is 7. The van der Waals surface area contributed by atoms with E-state index in [1.807, 2.05) is 0 Å². The van der Waals surface area contributed by atoms with Gasteiger partial charge < -0.3 is 5.32 Å². The lowest BCUT2D eigenvalue weighted by atomic mass is 10.0. The van der Waals surface area contributed by atoms with E-state index < -0.39 is 0 Å². The van der Waals surface area contributed by atoms with Crippen molar-refractivity contribution in [1.29, 1.82) is 0 Å². The van der Waals surface area contributed by atoms with Gasteiger partial charge in [-0.3, -0.25) is 0 Å². The molecular formula is C17H24N2S. The van der Waals surface area contributed by atoms with Crippen LogP contribution in [-0.2, 0) is 12.8 Å². The molecule has 0 amide bonds. The van der Waals surface area contributed by atoms with Crippen LogP contribution in [0.25, 0.3) is 0 Å².